The third kappa shape index (κ3) is 3.26. The van der Waals surface area contributed by atoms with Gasteiger partial charge in [-0.3, -0.25) is 9.69 Å². The lowest BCUT2D eigenvalue weighted by Gasteiger charge is -2.27. The first-order chi connectivity index (χ1) is 10.3. The quantitative estimate of drug-likeness (QED) is 0.770. The van der Waals surface area contributed by atoms with E-state index >= 15 is 0 Å². The number of hydrogen-bond acceptors (Lipinski definition) is 5. The second kappa shape index (κ2) is 6.56. The van der Waals surface area contributed by atoms with Crippen molar-refractivity contribution in [1.82, 2.24) is 19.7 Å². The minimum absolute atomic E-state index is 0.166. The van der Waals surface area contributed by atoms with Gasteiger partial charge in [0.25, 0.3) is 0 Å². The van der Waals surface area contributed by atoms with Gasteiger partial charge in [-0.05, 0) is 25.7 Å². The topological polar surface area (TPSA) is 60.2 Å². The van der Waals surface area contributed by atoms with Crippen LogP contribution >= 0.6 is 0 Å². The summed E-state index contributed by atoms with van der Waals surface area (Å²) in [6.45, 7) is 2.06. The van der Waals surface area contributed by atoms with Crippen molar-refractivity contribution in [2.45, 2.75) is 64.1 Å². The minimum Gasteiger partial charge on any atom is -0.468 e. The standard InChI is InChI=1S/C15H24N4O2/c1-21-15(20)11-18(12-6-2-3-7-12)10-14-17-16-13-8-4-5-9-19(13)14/h12H,2-11H2,1H3. The summed E-state index contributed by atoms with van der Waals surface area (Å²) < 4.78 is 7.09. The van der Waals surface area contributed by atoms with Crippen molar-refractivity contribution in [3.63, 3.8) is 0 Å². The molecule has 116 valence electrons. The van der Waals surface area contributed by atoms with Crippen LogP contribution in [-0.4, -0.2) is 45.3 Å². The molecule has 1 fully saturated rings. The van der Waals surface area contributed by atoms with Crippen LogP contribution in [0.15, 0.2) is 0 Å². The summed E-state index contributed by atoms with van der Waals surface area (Å²) in [7, 11) is 1.45. The summed E-state index contributed by atoms with van der Waals surface area (Å²) in [4.78, 5) is 13.9. The summed E-state index contributed by atoms with van der Waals surface area (Å²) in [5.41, 5.74) is 0. The Morgan fingerprint density at radius 3 is 2.86 bits per heavy atom. The van der Waals surface area contributed by atoms with Crippen molar-refractivity contribution < 1.29 is 9.53 Å². The highest BCUT2D eigenvalue weighted by Crippen LogP contribution is 2.25. The number of ether oxygens (including phenoxy) is 1. The summed E-state index contributed by atoms with van der Waals surface area (Å²) >= 11 is 0. The number of carbonyl (C=O) groups excluding carboxylic acids is 1. The van der Waals surface area contributed by atoms with E-state index < -0.39 is 0 Å². The van der Waals surface area contributed by atoms with Gasteiger partial charge in [-0.25, -0.2) is 0 Å². The van der Waals surface area contributed by atoms with Crippen molar-refractivity contribution in [1.29, 1.82) is 0 Å². The number of aromatic nitrogens is 3. The summed E-state index contributed by atoms with van der Waals surface area (Å²) in [6.07, 6.45) is 8.25. The Labute approximate surface area is 125 Å². The predicted molar refractivity (Wildman–Crippen MR) is 77.6 cm³/mol. The number of esters is 1. The number of carbonyl (C=O) groups is 1. The molecule has 0 aromatic carbocycles. The van der Waals surface area contributed by atoms with E-state index in [2.05, 4.69) is 19.7 Å². The molecule has 1 aromatic rings. The van der Waals surface area contributed by atoms with Crippen LogP contribution in [0, 0.1) is 0 Å². The predicted octanol–water partition coefficient (Wildman–Crippen LogP) is 1.53. The monoisotopic (exact) mass is 292 g/mol. The van der Waals surface area contributed by atoms with Crippen molar-refractivity contribution in [3.8, 4) is 0 Å². The Hall–Kier alpha value is -1.43. The average Bonchev–Trinajstić information content (AvgIpc) is 3.16. The molecule has 0 radical (unpaired) electrons. The zero-order valence-electron chi connectivity index (χ0n) is 12.8. The van der Waals surface area contributed by atoms with Crippen molar-refractivity contribution >= 4 is 5.97 Å². The van der Waals surface area contributed by atoms with E-state index in [1.807, 2.05) is 0 Å². The third-order valence-corrected chi connectivity index (χ3v) is 4.68. The molecule has 0 N–H and O–H groups in total. The van der Waals surface area contributed by atoms with E-state index in [-0.39, 0.29) is 5.97 Å². The lowest BCUT2D eigenvalue weighted by Crippen LogP contribution is -2.38. The number of methoxy groups -OCH3 is 1. The summed E-state index contributed by atoms with van der Waals surface area (Å²) in [5.74, 6) is 1.93. The molecule has 0 saturated heterocycles. The van der Waals surface area contributed by atoms with Gasteiger partial charge in [0.05, 0.1) is 20.2 Å². The molecule has 1 aliphatic heterocycles. The Bertz CT molecular complexity index is 494. The van der Waals surface area contributed by atoms with Gasteiger partial charge in [0.1, 0.15) is 11.6 Å². The maximum Gasteiger partial charge on any atom is 0.319 e. The van der Waals surface area contributed by atoms with Crippen LogP contribution in [0.3, 0.4) is 0 Å². The molecule has 1 aromatic heterocycles. The first-order valence-electron chi connectivity index (χ1n) is 7.99. The molecule has 2 aliphatic rings. The van der Waals surface area contributed by atoms with Crippen LogP contribution in [0.5, 0.6) is 0 Å². The van der Waals surface area contributed by atoms with Gasteiger partial charge in [0.2, 0.25) is 0 Å². The molecule has 1 aliphatic carbocycles. The van der Waals surface area contributed by atoms with Gasteiger partial charge >= 0.3 is 5.97 Å². The van der Waals surface area contributed by atoms with Crippen LogP contribution in [0.25, 0.3) is 0 Å². The van der Waals surface area contributed by atoms with Gasteiger partial charge in [-0.2, -0.15) is 0 Å². The lowest BCUT2D eigenvalue weighted by atomic mass is 10.1. The Morgan fingerprint density at radius 2 is 2.10 bits per heavy atom. The van der Waals surface area contributed by atoms with Crippen LogP contribution in [0.2, 0.25) is 0 Å². The molecule has 21 heavy (non-hydrogen) atoms. The average molecular weight is 292 g/mol. The third-order valence-electron chi connectivity index (χ3n) is 4.68. The van der Waals surface area contributed by atoms with Crippen molar-refractivity contribution in [2.24, 2.45) is 0 Å². The van der Waals surface area contributed by atoms with E-state index in [4.69, 9.17) is 4.74 Å². The van der Waals surface area contributed by atoms with Crippen LogP contribution < -0.4 is 0 Å². The van der Waals surface area contributed by atoms with Crippen molar-refractivity contribution in [3.05, 3.63) is 11.6 Å². The van der Waals surface area contributed by atoms with Crippen LogP contribution in [0.1, 0.15) is 50.2 Å². The molecule has 0 atom stereocenters. The number of fused-ring (bicyclic) bond motifs is 1. The summed E-state index contributed by atoms with van der Waals surface area (Å²) in [5, 5.41) is 8.67. The summed E-state index contributed by atoms with van der Waals surface area (Å²) in [6, 6.07) is 0.473. The molecular formula is C15H24N4O2. The maximum atomic E-state index is 11.7. The SMILES string of the molecule is COC(=O)CN(Cc1nnc2n1CCCC2)C1CCCC1. The molecule has 0 unspecified atom stereocenters. The van der Waals surface area contributed by atoms with E-state index in [0.29, 0.717) is 19.1 Å². The first kappa shape index (κ1) is 14.5. The molecule has 2 heterocycles. The second-order valence-electron chi connectivity index (χ2n) is 6.06. The maximum absolute atomic E-state index is 11.7. The van der Waals surface area contributed by atoms with Gasteiger partial charge < -0.3 is 9.30 Å². The fourth-order valence-electron chi connectivity index (χ4n) is 3.48. The Morgan fingerprint density at radius 1 is 1.29 bits per heavy atom. The van der Waals surface area contributed by atoms with Crippen LogP contribution in [-0.2, 0) is 29.0 Å². The molecule has 6 nitrogen and oxygen atoms in total. The second-order valence-corrected chi connectivity index (χ2v) is 6.06. The highest BCUT2D eigenvalue weighted by Gasteiger charge is 2.27. The fourth-order valence-corrected chi connectivity index (χ4v) is 3.48. The molecule has 1 saturated carbocycles. The molecule has 3 rings (SSSR count). The van der Waals surface area contributed by atoms with Gasteiger partial charge in [0, 0.05) is 19.0 Å². The van der Waals surface area contributed by atoms with E-state index in [0.717, 1.165) is 37.5 Å². The normalized spacial score (nSPS) is 19.0. The molecule has 0 spiro atoms. The fraction of sp³-hybridized carbons (Fsp3) is 0.800. The number of aryl methyl sites for hydroxylation is 1. The van der Waals surface area contributed by atoms with Gasteiger partial charge in [-0.1, -0.05) is 12.8 Å². The molecule has 0 bridgehead atoms. The Balaban J connectivity index is 1.73. The zero-order chi connectivity index (χ0) is 14.7. The van der Waals surface area contributed by atoms with Gasteiger partial charge in [-0.15, -0.1) is 10.2 Å². The number of nitrogens with zero attached hydrogens (tertiary/aromatic N) is 4. The van der Waals surface area contributed by atoms with E-state index in [1.54, 1.807) is 0 Å². The largest absolute Gasteiger partial charge is 0.468 e. The number of rotatable bonds is 5. The first-order valence-corrected chi connectivity index (χ1v) is 7.99. The van der Waals surface area contributed by atoms with E-state index in [1.165, 1.54) is 32.8 Å². The van der Waals surface area contributed by atoms with E-state index in [9.17, 15) is 4.79 Å². The van der Waals surface area contributed by atoms with Crippen LogP contribution in [0.4, 0.5) is 0 Å². The molecular weight excluding hydrogens is 268 g/mol. The zero-order valence-corrected chi connectivity index (χ0v) is 12.8. The number of hydrogen-bond donors (Lipinski definition) is 0. The highest BCUT2D eigenvalue weighted by atomic mass is 16.5. The lowest BCUT2D eigenvalue weighted by molar-refractivity contribution is -0.142. The van der Waals surface area contributed by atoms with Crippen molar-refractivity contribution in [2.75, 3.05) is 13.7 Å². The van der Waals surface area contributed by atoms with Gasteiger partial charge in [0.15, 0.2) is 0 Å². The smallest absolute Gasteiger partial charge is 0.319 e. The highest BCUT2D eigenvalue weighted by molar-refractivity contribution is 5.71. The molecule has 6 heteroatoms. The minimum atomic E-state index is -0.166. The molecule has 0 amide bonds. The Kier molecular flexibility index (Phi) is 4.53.